The Morgan fingerprint density at radius 1 is 1.18 bits per heavy atom. The maximum atomic E-state index is 12.4. The number of halogens is 1. The molecule has 0 spiro atoms. The van der Waals surface area contributed by atoms with E-state index in [2.05, 4.69) is 31.4 Å². The number of carbonyl (C=O) groups excluding carboxylic acids is 2. The zero-order valence-corrected chi connectivity index (χ0v) is 16.4. The number of carbonyl (C=O) groups is 2. The molecule has 1 atom stereocenters. The van der Waals surface area contributed by atoms with Gasteiger partial charge in [0, 0.05) is 5.56 Å². The maximum absolute atomic E-state index is 12.4. The Bertz CT molecular complexity index is 1060. The summed E-state index contributed by atoms with van der Waals surface area (Å²) in [5.41, 5.74) is 2.16. The number of nitriles is 1. The van der Waals surface area contributed by atoms with E-state index in [4.69, 9.17) is 10.00 Å². The van der Waals surface area contributed by atoms with Gasteiger partial charge in [0.15, 0.2) is 11.8 Å². The molecule has 0 saturated carbocycles. The largest absolute Gasteiger partial charge is 0.448 e. The van der Waals surface area contributed by atoms with E-state index in [9.17, 15) is 9.59 Å². The predicted molar refractivity (Wildman–Crippen MR) is 106 cm³/mol. The lowest BCUT2D eigenvalue weighted by molar-refractivity contribution is -0.123. The van der Waals surface area contributed by atoms with Crippen LogP contribution in [0.1, 0.15) is 23.0 Å². The Hall–Kier alpha value is -3.44. The number of hydrogen-bond acceptors (Lipinski definition) is 5. The average molecular weight is 439 g/mol. The van der Waals surface area contributed by atoms with Crippen molar-refractivity contribution in [1.29, 1.82) is 5.26 Å². The van der Waals surface area contributed by atoms with E-state index < -0.39 is 18.0 Å². The summed E-state index contributed by atoms with van der Waals surface area (Å²) >= 11 is 3.36. The third-order valence-corrected chi connectivity index (χ3v) is 4.69. The Morgan fingerprint density at radius 2 is 1.86 bits per heavy atom. The van der Waals surface area contributed by atoms with E-state index in [0.717, 1.165) is 5.56 Å². The number of rotatable bonds is 5. The highest BCUT2D eigenvalue weighted by Crippen LogP contribution is 2.29. The minimum Gasteiger partial charge on any atom is -0.448 e. The summed E-state index contributed by atoms with van der Waals surface area (Å²) in [5.74, 6) is -1.27. The topological polar surface area (TPSA) is 108 Å². The third-order valence-electron chi connectivity index (χ3n) is 3.92. The van der Waals surface area contributed by atoms with Crippen molar-refractivity contribution in [3.05, 3.63) is 70.3 Å². The molecule has 0 fully saturated rings. The number of H-pyrrole nitrogens is 1. The van der Waals surface area contributed by atoms with Crippen molar-refractivity contribution >= 4 is 33.5 Å². The van der Waals surface area contributed by atoms with Crippen LogP contribution in [0.25, 0.3) is 11.3 Å². The van der Waals surface area contributed by atoms with Crippen molar-refractivity contribution in [2.45, 2.75) is 13.0 Å². The van der Waals surface area contributed by atoms with Gasteiger partial charge in [-0.2, -0.15) is 10.4 Å². The highest BCUT2D eigenvalue weighted by molar-refractivity contribution is 9.10. The van der Waals surface area contributed by atoms with E-state index in [-0.39, 0.29) is 5.69 Å². The fourth-order valence-electron chi connectivity index (χ4n) is 2.45. The standard InChI is InChI=1S/C20H15BrN4O3/c1-12(19(26)23-15-10-6-5-9-14(15)11-22)28-20(27)18-16(21)17(24-25-18)13-7-3-2-4-8-13/h2-10,12H,1H3,(H,23,26)(H,24,25)/t12-/m0/s1. The van der Waals surface area contributed by atoms with Crippen LogP contribution in [0.4, 0.5) is 5.69 Å². The molecule has 2 aromatic carbocycles. The van der Waals surface area contributed by atoms with Crippen molar-refractivity contribution < 1.29 is 14.3 Å². The molecule has 3 rings (SSSR count). The van der Waals surface area contributed by atoms with Crippen LogP contribution in [-0.2, 0) is 9.53 Å². The maximum Gasteiger partial charge on any atom is 0.358 e. The molecule has 0 radical (unpaired) electrons. The van der Waals surface area contributed by atoms with Gasteiger partial charge in [0.25, 0.3) is 5.91 Å². The molecule has 0 bridgehead atoms. The first-order valence-electron chi connectivity index (χ1n) is 8.31. The van der Waals surface area contributed by atoms with Crippen LogP contribution in [0, 0.1) is 11.3 Å². The zero-order chi connectivity index (χ0) is 20.1. The second-order valence-corrected chi connectivity index (χ2v) is 6.61. The number of nitrogens with one attached hydrogen (secondary N) is 2. The molecule has 1 aromatic heterocycles. The molecule has 7 nitrogen and oxygen atoms in total. The van der Waals surface area contributed by atoms with Gasteiger partial charge in [-0.25, -0.2) is 4.79 Å². The first kappa shape index (κ1) is 19.3. The van der Waals surface area contributed by atoms with Crippen LogP contribution in [0.15, 0.2) is 59.1 Å². The van der Waals surface area contributed by atoms with Gasteiger partial charge in [0.2, 0.25) is 0 Å². The SMILES string of the molecule is C[C@H](OC(=O)c1[nH]nc(-c2ccccc2)c1Br)C(=O)Nc1ccccc1C#N. The Morgan fingerprint density at radius 3 is 2.57 bits per heavy atom. The van der Waals surface area contributed by atoms with Crippen molar-refractivity contribution in [3.63, 3.8) is 0 Å². The molecule has 0 aliphatic carbocycles. The molecule has 0 unspecified atom stereocenters. The molecular weight excluding hydrogens is 424 g/mol. The van der Waals surface area contributed by atoms with E-state index in [1.165, 1.54) is 6.92 Å². The molecule has 1 heterocycles. The van der Waals surface area contributed by atoms with Crippen LogP contribution in [0.2, 0.25) is 0 Å². The summed E-state index contributed by atoms with van der Waals surface area (Å²) in [6.45, 7) is 1.45. The summed E-state index contributed by atoms with van der Waals surface area (Å²) in [6.07, 6.45) is -1.07. The number of benzene rings is 2. The van der Waals surface area contributed by atoms with Crippen LogP contribution < -0.4 is 5.32 Å². The highest BCUT2D eigenvalue weighted by Gasteiger charge is 2.24. The number of amides is 1. The summed E-state index contributed by atoms with van der Waals surface area (Å²) < 4.78 is 5.69. The van der Waals surface area contributed by atoms with Gasteiger partial charge in [-0.05, 0) is 35.0 Å². The fourth-order valence-corrected chi connectivity index (χ4v) is 3.02. The highest BCUT2D eigenvalue weighted by atomic mass is 79.9. The number of anilines is 1. The second-order valence-electron chi connectivity index (χ2n) is 5.82. The molecule has 0 saturated heterocycles. The van der Waals surface area contributed by atoms with Gasteiger partial charge in [-0.15, -0.1) is 0 Å². The smallest absolute Gasteiger partial charge is 0.358 e. The quantitative estimate of drug-likeness (QED) is 0.587. The molecule has 0 aliphatic rings. The lowest BCUT2D eigenvalue weighted by Crippen LogP contribution is -2.30. The number of nitrogens with zero attached hydrogens (tertiary/aromatic N) is 2. The molecule has 8 heteroatoms. The average Bonchev–Trinajstić information content (AvgIpc) is 3.10. The first-order chi connectivity index (χ1) is 13.5. The molecule has 2 N–H and O–H groups in total. The van der Waals surface area contributed by atoms with Crippen LogP contribution >= 0.6 is 15.9 Å². The predicted octanol–water partition coefficient (Wildman–Crippen LogP) is 3.89. The van der Waals surface area contributed by atoms with Crippen LogP contribution in [-0.4, -0.2) is 28.2 Å². The van der Waals surface area contributed by atoms with Gasteiger partial charge in [-0.3, -0.25) is 9.89 Å². The zero-order valence-electron chi connectivity index (χ0n) is 14.8. The number of para-hydroxylation sites is 1. The molecule has 0 aliphatic heterocycles. The van der Waals surface area contributed by atoms with E-state index in [1.54, 1.807) is 24.3 Å². The van der Waals surface area contributed by atoms with Gasteiger partial charge >= 0.3 is 5.97 Å². The Balaban J connectivity index is 1.70. The summed E-state index contributed by atoms with van der Waals surface area (Å²) in [6, 6.07) is 17.9. The number of ether oxygens (including phenoxy) is 1. The minimum absolute atomic E-state index is 0.107. The molecule has 3 aromatic rings. The normalized spacial score (nSPS) is 11.3. The Labute approximate surface area is 169 Å². The minimum atomic E-state index is -1.07. The Kier molecular flexibility index (Phi) is 5.87. The summed E-state index contributed by atoms with van der Waals surface area (Å²) in [4.78, 5) is 24.8. The van der Waals surface area contributed by atoms with Gasteiger partial charge in [-0.1, -0.05) is 42.5 Å². The lowest BCUT2D eigenvalue weighted by Gasteiger charge is -2.13. The van der Waals surface area contributed by atoms with Crippen molar-refractivity contribution in [1.82, 2.24) is 10.2 Å². The number of hydrogen-bond donors (Lipinski definition) is 2. The van der Waals surface area contributed by atoms with Crippen molar-refractivity contribution in [3.8, 4) is 17.3 Å². The molecule has 140 valence electrons. The van der Waals surface area contributed by atoms with Gasteiger partial charge < -0.3 is 10.1 Å². The number of esters is 1. The van der Waals surface area contributed by atoms with Crippen LogP contribution in [0.5, 0.6) is 0 Å². The first-order valence-corrected chi connectivity index (χ1v) is 9.10. The van der Waals surface area contributed by atoms with E-state index >= 15 is 0 Å². The lowest BCUT2D eigenvalue weighted by atomic mass is 10.1. The summed E-state index contributed by atoms with van der Waals surface area (Å²) in [7, 11) is 0. The summed E-state index contributed by atoms with van der Waals surface area (Å²) in [5, 5.41) is 18.5. The third kappa shape index (κ3) is 4.10. The number of aromatic amines is 1. The van der Waals surface area contributed by atoms with Gasteiger partial charge in [0.1, 0.15) is 11.8 Å². The van der Waals surface area contributed by atoms with E-state index in [1.807, 2.05) is 36.4 Å². The molecular formula is C20H15BrN4O3. The molecule has 28 heavy (non-hydrogen) atoms. The monoisotopic (exact) mass is 438 g/mol. The second kappa shape index (κ2) is 8.50. The van der Waals surface area contributed by atoms with Crippen molar-refractivity contribution in [2.24, 2.45) is 0 Å². The van der Waals surface area contributed by atoms with Gasteiger partial charge in [0.05, 0.1) is 15.7 Å². The fraction of sp³-hybridized carbons (Fsp3) is 0.100. The molecule has 1 amide bonds. The van der Waals surface area contributed by atoms with Crippen molar-refractivity contribution in [2.75, 3.05) is 5.32 Å². The number of aromatic nitrogens is 2. The van der Waals surface area contributed by atoms with Crippen LogP contribution in [0.3, 0.4) is 0 Å². The van der Waals surface area contributed by atoms with E-state index in [0.29, 0.717) is 21.4 Å².